The van der Waals surface area contributed by atoms with E-state index < -0.39 is 0 Å². The third-order valence-electron chi connectivity index (χ3n) is 3.51. The molecule has 4 nitrogen and oxygen atoms in total. The lowest BCUT2D eigenvalue weighted by molar-refractivity contribution is -0.121. The Morgan fingerprint density at radius 3 is 2.58 bits per heavy atom. The van der Waals surface area contributed by atoms with Gasteiger partial charge in [0.1, 0.15) is 0 Å². The van der Waals surface area contributed by atoms with E-state index >= 15 is 0 Å². The predicted octanol–water partition coefficient (Wildman–Crippen LogP) is 1.16. The molecule has 2 rings (SSSR count). The SMILES string of the molecule is CNCC(=O)NC(CN1CCCC1)c1ccccc1. The number of nitrogens with one attached hydrogen (secondary N) is 2. The van der Waals surface area contributed by atoms with Crippen molar-refractivity contribution in [2.75, 3.05) is 33.2 Å². The largest absolute Gasteiger partial charge is 0.347 e. The van der Waals surface area contributed by atoms with E-state index in [-0.39, 0.29) is 11.9 Å². The zero-order valence-electron chi connectivity index (χ0n) is 11.6. The van der Waals surface area contributed by atoms with Gasteiger partial charge in [-0.15, -0.1) is 0 Å². The molecule has 1 unspecified atom stereocenters. The van der Waals surface area contributed by atoms with Gasteiger partial charge in [0.15, 0.2) is 0 Å². The lowest BCUT2D eigenvalue weighted by Crippen LogP contribution is -2.40. The van der Waals surface area contributed by atoms with Crippen LogP contribution in [0.2, 0.25) is 0 Å². The fourth-order valence-electron chi connectivity index (χ4n) is 2.55. The molecular formula is C15H23N3O. The van der Waals surface area contributed by atoms with Crippen molar-refractivity contribution < 1.29 is 4.79 Å². The van der Waals surface area contributed by atoms with Crippen LogP contribution in [0.5, 0.6) is 0 Å². The van der Waals surface area contributed by atoms with Gasteiger partial charge in [-0.1, -0.05) is 30.3 Å². The van der Waals surface area contributed by atoms with Crippen molar-refractivity contribution in [3.8, 4) is 0 Å². The van der Waals surface area contributed by atoms with E-state index in [4.69, 9.17) is 0 Å². The lowest BCUT2D eigenvalue weighted by Gasteiger charge is -2.25. The Hall–Kier alpha value is -1.39. The van der Waals surface area contributed by atoms with Gasteiger partial charge in [-0.25, -0.2) is 0 Å². The average Bonchev–Trinajstić information content (AvgIpc) is 2.92. The van der Waals surface area contributed by atoms with Crippen LogP contribution in [-0.2, 0) is 4.79 Å². The summed E-state index contributed by atoms with van der Waals surface area (Å²) in [5.41, 5.74) is 1.18. The molecule has 0 bridgehead atoms. The summed E-state index contributed by atoms with van der Waals surface area (Å²) in [6.07, 6.45) is 2.54. The van der Waals surface area contributed by atoms with Gasteiger partial charge in [0, 0.05) is 6.54 Å². The number of hydrogen-bond donors (Lipinski definition) is 2. The summed E-state index contributed by atoms with van der Waals surface area (Å²) in [7, 11) is 1.79. The molecule has 1 aliphatic rings. The van der Waals surface area contributed by atoms with Crippen LogP contribution >= 0.6 is 0 Å². The fourth-order valence-corrected chi connectivity index (χ4v) is 2.55. The van der Waals surface area contributed by atoms with Crippen LogP contribution in [0.15, 0.2) is 30.3 Å². The molecule has 1 aromatic carbocycles. The summed E-state index contributed by atoms with van der Waals surface area (Å²) in [6, 6.07) is 10.3. The summed E-state index contributed by atoms with van der Waals surface area (Å²) in [5.74, 6) is 0.0514. The highest BCUT2D eigenvalue weighted by molar-refractivity contribution is 5.78. The van der Waals surface area contributed by atoms with Crippen molar-refractivity contribution in [1.29, 1.82) is 0 Å². The summed E-state index contributed by atoms with van der Waals surface area (Å²) in [4.78, 5) is 14.2. The zero-order valence-corrected chi connectivity index (χ0v) is 11.6. The number of hydrogen-bond acceptors (Lipinski definition) is 3. The molecule has 1 heterocycles. The highest BCUT2D eigenvalue weighted by atomic mass is 16.1. The first-order valence-corrected chi connectivity index (χ1v) is 7.01. The van der Waals surface area contributed by atoms with E-state index in [0.717, 1.165) is 19.6 Å². The monoisotopic (exact) mass is 261 g/mol. The Morgan fingerprint density at radius 2 is 1.95 bits per heavy atom. The Kier molecular flexibility index (Phi) is 5.36. The van der Waals surface area contributed by atoms with Crippen LogP contribution in [0.1, 0.15) is 24.4 Å². The van der Waals surface area contributed by atoms with Crippen molar-refractivity contribution in [3.63, 3.8) is 0 Å². The Bertz CT molecular complexity index is 388. The van der Waals surface area contributed by atoms with Crippen LogP contribution in [-0.4, -0.2) is 44.0 Å². The second-order valence-electron chi connectivity index (χ2n) is 5.07. The van der Waals surface area contributed by atoms with E-state index in [1.54, 1.807) is 7.05 Å². The van der Waals surface area contributed by atoms with Crippen LogP contribution in [0, 0.1) is 0 Å². The maximum atomic E-state index is 11.8. The third kappa shape index (κ3) is 4.33. The number of amides is 1. The molecule has 1 aliphatic heterocycles. The van der Waals surface area contributed by atoms with Crippen molar-refractivity contribution in [2.45, 2.75) is 18.9 Å². The summed E-state index contributed by atoms with van der Waals surface area (Å²) < 4.78 is 0. The zero-order chi connectivity index (χ0) is 13.5. The smallest absolute Gasteiger partial charge is 0.234 e. The van der Waals surface area contributed by atoms with E-state index in [1.165, 1.54) is 18.4 Å². The lowest BCUT2D eigenvalue weighted by atomic mass is 10.1. The molecule has 0 radical (unpaired) electrons. The minimum Gasteiger partial charge on any atom is -0.347 e. The van der Waals surface area contributed by atoms with Gasteiger partial charge < -0.3 is 15.5 Å². The average molecular weight is 261 g/mol. The second kappa shape index (κ2) is 7.26. The molecule has 104 valence electrons. The number of likely N-dealkylation sites (tertiary alicyclic amines) is 1. The molecule has 1 saturated heterocycles. The quantitative estimate of drug-likeness (QED) is 0.807. The minimum absolute atomic E-state index is 0.0514. The molecule has 1 aromatic rings. The topological polar surface area (TPSA) is 44.4 Å². The van der Waals surface area contributed by atoms with Crippen molar-refractivity contribution in [3.05, 3.63) is 35.9 Å². The molecule has 2 N–H and O–H groups in total. The normalized spacial score (nSPS) is 17.3. The Morgan fingerprint density at radius 1 is 1.26 bits per heavy atom. The number of nitrogens with zero attached hydrogens (tertiary/aromatic N) is 1. The van der Waals surface area contributed by atoms with Crippen LogP contribution < -0.4 is 10.6 Å². The Labute approximate surface area is 115 Å². The van der Waals surface area contributed by atoms with Crippen molar-refractivity contribution in [1.82, 2.24) is 15.5 Å². The molecule has 4 heteroatoms. The van der Waals surface area contributed by atoms with Crippen LogP contribution in [0.3, 0.4) is 0 Å². The number of carbonyl (C=O) groups is 1. The molecule has 0 saturated carbocycles. The summed E-state index contributed by atoms with van der Waals surface area (Å²) in [6.45, 7) is 3.55. The molecule has 1 atom stereocenters. The summed E-state index contributed by atoms with van der Waals surface area (Å²) >= 11 is 0. The standard InChI is InChI=1S/C15H23N3O/c1-16-11-15(19)17-14(12-18-9-5-6-10-18)13-7-3-2-4-8-13/h2-4,7-8,14,16H,5-6,9-12H2,1H3,(H,17,19). The molecular weight excluding hydrogens is 238 g/mol. The van der Waals surface area contributed by atoms with Crippen LogP contribution in [0.25, 0.3) is 0 Å². The summed E-state index contributed by atoms with van der Waals surface area (Å²) in [5, 5.41) is 6.01. The predicted molar refractivity (Wildman–Crippen MR) is 76.9 cm³/mol. The molecule has 0 aromatic heterocycles. The highest BCUT2D eigenvalue weighted by Crippen LogP contribution is 2.17. The number of likely N-dealkylation sites (N-methyl/N-ethyl adjacent to an activating group) is 1. The number of carbonyl (C=O) groups excluding carboxylic acids is 1. The molecule has 0 aliphatic carbocycles. The van der Waals surface area contributed by atoms with Gasteiger partial charge in [-0.05, 0) is 38.5 Å². The molecule has 0 spiro atoms. The van der Waals surface area contributed by atoms with Crippen molar-refractivity contribution in [2.24, 2.45) is 0 Å². The van der Waals surface area contributed by atoms with E-state index in [9.17, 15) is 4.79 Å². The fraction of sp³-hybridized carbons (Fsp3) is 0.533. The number of rotatable bonds is 6. The first-order chi connectivity index (χ1) is 9.29. The number of benzene rings is 1. The highest BCUT2D eigenvalue weighted by Gasteiger charge is 2.20. The van der Waals surface area contributed by atoms with E-state index in [2.05, 4.69) is 27.7 Å². The van der Waals surface area contributed by atoms with Gasteiger partial charge in [0.2, 0.25) is 5.91 Å². The maximum Gasteiger partial charge on any atom is 0.234 e. The van der Waals surface area contributed by atoms with Crippen molar-refractivity contribution >= 4 is 5.91 Å². The Balaban J connectivity index is 2.01. The van der Waals surface area contributed by atoms with Gasteiger partial charge in [-0.2, -0.15) is 0 Å². The third-order valence-corrected chi connectivity index (χ3v) is 3.51. The second-order valence-corrected chi connectivity index (χ2v) is 5.07. The van der Waals surface area contributed by atoms with Gasteiger partial charge in [0.25, 0.3) is 0 Å². The van der Waals surface area contributed by atoms with Crippen LogP contribution in [0.4, 0.5) is 0 Å². The van der Waals surface area contributed by atoms with E-state index in [0.29, 0.717) is 6.54 Å². The minimum atomic E-state index is 0.0514. The van der Waals surface area contributed by atoms with Gasteiger partial charge >= 0.3 is 0 Å². The van der Waals surface area contributed by atoms with Gasteiger partial charge in [0.05, 0.1) is 12.6 Å². The van der Waals surface area contributed by atoms with E-state index in [1.807, 2.05) is 18.2 Å². The maximum absolute atomic E-state index is 11.8. The molecule has 1 fully saturated rings. The van der Waals surface area contributed by atoms with Gasteiger partial charge in [-0.3, -0.25) is 4.79 Å². The molecule has 1 amide bonds. The first kappa shape index (κ1) is 14.0. The molecule has 19 heavy (non-hydrogen) atoms. The first-order valence-electron chi connectivity index (χ1n) is 7.01.